The van der Waals surface area contributed by atoms with Gasteiger partial charge in [-0.25, -0.2) is 0 Å². The van der Waals surface area contributed by atoms with E-state index in [-0.39, 0.29) is 29.9 Å². The van der Waals surface area contributed by atoms with Gasteiger partial charge in [-0.3, -0.25) is 19.4 Å². The van der Waals surface area contributed by atoms with Crippen molar-refractivity contribution >= 4 is 17.5 Å². The van der Waals surface area contributed by atoms with Gasteiger partial charge in [-0.05, 0) is 43.1 Å². The lowest BCUT2D eigenvalue weighted by atomic mass is 10.0. The standard InChI is InChI=1S/C27H37N5O2/c1-30(2)22-11-9-21(10-12-22)19-32-16-15-24-26(32)27(34)29-18-23(31(24)3)13-14-25(33)28-17-20-7-5-4-6-8-20/h4-12,23-24,26H,13-19H2,1-3H3,(H,28,33)(H,29,34)/t23-,24+,26-/m0/s1. The highest BCUT2D eigenvalue weighted by atomic mass is 16.2. The summed E-state index contributed by atoms with van der Waals surface area (Å²) in [4.78, 5) is 32.2. The maximum atomic E-state index is 13.1. The quantitative estimate of drug-likeness (QED) is 0.629. The van der Waals surface area contributed by atoms with Crippen LogP contribution in [0.3, 0.4) is 0 Å². The van der Waals surface area contributed by atoms with Crippen molar-refractivity contribution in [3.63, 3.8) is 0 Å². The van der Waals surface area contributed by atoms with Gasteiger partial charge in [0.05, 0.1) is 0 Å². The van der Waals surface area contributed by atoms with Crippen molar-refractivity contribution in [1.29, 1.82) is 0 Å². The highest BCUT2D eigenvalue weighted by Gasteiger charge is 2.44. The fraction of sp³-hybridized carbons (Fsp3) is 0.481. The Labute approximate surface area is 203 Å². The number of likely N-dealkylation sites (N-methyl/N-ethyl adjacent to an activating group) is 1. The van der Waals surface area contributed by atoms with Crippen LogP contribution in [0.4, 0.5) is 5.69 Å². The normalized spacial score (nSPS) is 23.1. The molecule has 0 spiro atoms. The lowest BCUT2D eigenvalue weighted by Gasteiger charge is -2.33. The van der Waals surface area contributed by atoms with E-state index in [9.17, 15) is 9.59 Å². The Balaban J connectivity index is 1.32. The van der Waals surface area contributed by atoms with E-state index < -0.39 is 0 Å². The predicted molar refractivity (Wildman–Crippen MR) is 135 cm³/mol. The van der Waals surface area contributed by atoms with Gasteiger partial charge in [-0.15, -0.1) is 0 Å². The molecule has 3 atom stereocenters. The zero-order valence-electron chi connectivity index (χ0n) is 20.5. The smallest absolute Gasteiger partial charge is 0.239 e. The first-order valence-electron chi connectivity index (χ1n) is 12.2. The molecular weight excluding hydrogens is 426 g/mol. The Morgan fingerprint density at radius 2 is 1.82 bits per heavy atom. The van der Waals surface area contributed by atoms with Crippen molar-refractivity contribution < 1.29 is 9.59 Å². The van der Waals surface area contributed by atoms with Crippen LogP contribution in [0.5, 0.6) is 0 Å². The third-order valence-electron chi connectivity index (χ3n) is 7.23. The topological polar surface area (TPSA) is 67.9 Å². The summed E-state index contributed by atoms with van der Waals surface area (Å²) in [7, 11) is 6.18. The SMILES string of the molecule is CN(C)c1ccc(CN2CC[C@@H]3[C@H]2C(=O)NC[C@H](CCC(=O)NCc2ccccc2)N3C)cc1. The molecule has 2 heterocycles. The molecule has 2 fully saturated rings. The van der Waals surface area contributed by atoms with Gasteiger partial charge in [0, 0.05) is 64.5 Å². The second-order valence-electron chi connectivity index (χ2n) is 9.70. The molecule has 0 aromatic heterocycles. The minimum absolute atomic E-state index is 0.0543. The van der Waals surface area contributed by atoms with Crippen molar-refractivity contribution in [2.75, 3.05) is 39.1 Å². The third kappa shape index (κ3) is 5.77. The van der Waals surface area contributed by atoms with Crippen LogP contribution in [-0.2, 0) is 22.7 Å². The monoisotopic (exact) mass is 463 g/mol. The second-order valence-corrected chi connectivity index (χ2v) is 9.70. The minimum atomic E-state index is -0.157. The lowest BCUT2D eigenvalue weighted by Crippen LogP contribution is -2.49. The number of benzene rings is 2. The number of carbonyl (C=O) groups excluding carboxylic acids is 2. The summed E-state index contributed by atoms with van der Waals surface area (Å²) in [6, 6.07) is 18.7. The number of likely N-dealkylation sites (tertiary alicyclic amines) is 1. The molecule has 0 unspecified atom stereocenters. The van der Waals surface area contributed by atoms with Crippen LogP contribution in [-0.4, -0.2) is 74.0 Å². The van der Waals surface area contributed by atoms with Gasteiger partial charge >= 0.3 is 0 Å². The summed E-state index contributed by atoms with van der Waals surface area (Å²) >= 11 is 0. The van der Waals surface area contributed by atoms with Crippen molar-refractivity contribution in [3.05, 3.63) is 65.7 Å². The second kappa shape index (κ2) is 11.0. The number of carbonyl (C=O) groups is 2. The molecule has 34 heavy (non-hydrogen) atoms. The van der Waals surface area contributed by atoms with Crippen LogP contribution in [0.25, 0.3) is 0 Å². The molecule has 0 aliphatic carbocycles. The minimum Gasteiger partial charge on any atom is -0.378 e. The van der Waals surface area contributed by atoms with E-state index in [0.717, 1.165) is 31.5 Å². The Hall–Kier alpha value is -2.90. The largest absolute Gasteiger partial charge is 0.378 e. The van der Waals surface area contributed by atoms with Gasteiger partial charge < -0.3 is 15.5 Å². The molecule has 2 aliphatic rings. The average molecular weight is 464 g/mol. The molecule has 2 aromatic rings. The predicted octanol–water partition coefficient (Wildman–Crippen LogP) is 2.22. The summed E-state index contributed by atoms with van der Waals surface area (Å²) in [5.74, 6) is 0.161. The highest BCUT2D eigenvalue weighted by Crippen LogP contribution is 2.29. The van der Waals surface area contributed by atoms with Crippen molar-refractivity contribution in [2.24, 2.45) is 0 Å². The number of nitrogens with one attached hydrogen (secondary N) is 2. The third-order valence-corrected chi connectivity index (χ3v) is 7.23. The van der Waals surface area contributed by atoms with Crippen molar-refractivity contribution in [1.82, 2.24) is 20.4 Å². The Morgan fingerprint density at radius 1 is 1.09 bits per heavy atom. The fourth-order valence-electron chi connectivity index (χ4n) is 5.14. The molecule has 7 nitrogen and oxygen atoms in total. The van der Waals surface area contributed by atoms with Crippen molar-refractivity contribution in [3.8, 4) is 0 Å². The zero-order chi connectivity index (χ0) is 24.1. The van der Waals surface area contributed by atoms with Crippen molar-refractivity contribution in [2.45, 2.75) is 50.5 Å². The molecule has 7 heteroatoms. The summed E-state index contributed by atoms with van der Waals surface area (Å²) < 4.78 is 0. The van der Waals surface area contributed by atoms with Crippen LogP contribution < -0.4 is 15.5 Å². The molecule has 2 aromatic carbocycles. The summed E-state index contributed by atoms with van der Waals surface area (Å²) in [6.45, 7) is 2.79. The summed E-state index contributed by atoms with van der Waals surface area (Å²) in [5, 5.41) is 6.17. The zero-order valence-corrected chi connectivity index (χ0v) is 20.5. The molecule has 2 amide bonds. The first-order chi connectivity index (χ1) is 16.4. The Morgan fingerprint density at radius 3 is 2.53 bits per heavy atom. The van der Waals surface area contributed by atoms with E-state index in [1.54, 1.807) is 0 Å². The molecule has 0 radical (unpaired) electrons. The molecule has 0 bridgehead atoms. The van der Waals surface area contributed by atoms with Crippen LogP contribution >= 0.6 is 0 Å². The number of hydrogen-bond acceptors (Lipinski definition) is 5. The van der Waals surface area contributed by atoms with E-state index in [1.807, 2.05) is 44.4 Å². The summed E-state index contributed by atoms with van der Waals surface area (Å²) in [6.07, 6.45) is 2.14. The van der Waals surface area contributed by atoms with Gasteiger partial charge in [0.15, 0.2) is 0 Å². The van der Waals surface area contributed by atoms with Crippen LogP contribution in [0.1, 0.15) is 30.4 Å². The number of hydrogen-bond donors (Lipinski definition) is 2. The van der Waals surface area contributed by atoms with E-state index in [2.05, 4.69) is 56.6 Å². The number of rotatable bonds is 8. The number of amides is 2. The van der Waals surface area contributed by atoms with Crippen LogP contribution in [0, 0.1) is 0 Å². The maximum absolute atomic E-state index is 13.1. The maximum Gasteiger partial charge on any atom is 0.239 e. The lowest BCUT2D eigenvalue weighted by molar-refractivity contribution is -0.126. The Bertz CT molecular complexity index is 963. The Kier molecular flexibility index (Phi) is 7.85. The van der Waals surface area contributed by atoms with Gasteiger partial charge in [0.25, 0.3) is 0 Å². The first kappa shape index (κ1) is 24.2. The van der Waals surface area contributed by atoms with Crippen LogP contribution in [0.15, 0.2) is 54.6 Å². The van der Waals surface area contributed by atoms with E-state index in [4.69, 9.17) is 0 Å². The fourth-order valence-corrected chi connectivity index (χ4v) is 5.14. The molecule has 182 valence electrons. The first-order valence-corrected chi connectivity index (χ1v) is 12.2. The molecule has 0 saturated carbocycles. The van der Waals surface area contributed by atoms with E-state index in [1.165, 1.54) is 11.3 Å². The van der Waals surface area contributed by atoms with E-state index >= 15 is 0 Å². The number of fused-ring (bicyclic) bond motifs is 1. The molecule has 2 aliphatic heterocycles. The van der Waals surface area contributed by atoms with Crippen LogP contribution in [0.2, 0.25) is 0 Å². The van der Waals surface area contributed by atoms with Gasteiger partial charge in [-0.2, -0.15) is 0 Å². The van der Waals surface area contributed by atoms with Gasteiger partial charge in [-0.1, -0.05) is 42.5 Å². The molecule has 4 rings (SSSR count). The van der Waals surface area contributed by atoms with E-state index in [0.29, 0.717) is 19.5 Å². The highest BCUT2D eigenvalue weighted by molar-refractivity contribution is 5.83. The van der Waals surface area contributed by atoms with Gasteiger partial charge in [0.1, 0.15) is 6.04 Å². The molecular formula is C27H37N5O2. The molecule has 2 N–H and O–H groups in total. The summed E-state index contributed by atoms with van der Waals surface area (Å²) in [5.41, 5.74) is 3.49. The van der Waals surface area contributed by atoms with Gasteiger partial charge in [0.2, 0.25) is 11.8 Å². The molecule has 2 saturated heterocycles. The average Bonchev–Trinajstić information content (AvgIpc) is 3.21. The number of nitrogens with zero attached hydrogens (tertiary/aromatic N) is 3. The number of anilines is 1.